The zero-order chi connectivity index (χ0) is 9.14. The summed E-state index contributed by atoms with van der Waals surface area (Å²) in [7, 11) is 0. The molecule has 0 saturated carbocycles. The summed E-state index contributed by atoms with van der Waals surface area (Å²) < 4.78 is 1.00. The molecule has 1 aromatic rings. The quantitative estimate of drug-likeness (QED) is 0.812. The zero-order valence-corrected chi connectivity index (χ0v) is 8.51. The number of rotatable bonds is 2. The molecule has 0 aliphatic carbocycles. The molecule has 1 atom stereocenters. The van der Waals surface area contributed by atoms with Gasteiger partial charge in [0.1, 0.15) is 0 Å². The van der Waals surface area contributed by atoms with Gasteiger partial charge >= 0.3 is 0 Å². The van der Waals surface area contributed by atoms with Crippen molar-refractivity contribution in [2.75, 3.05) is 6.61 Å². The van der Waals surface area contributed by atoms with Crippen LogP contribution in [0.1, 0.15) is 17.2 Å². The lowest BCUT2D eigenvalue weighted by Gasteiger charge is -2.09. The van der Waals surface area contributed by atoms with E-state index in [4.69, 9.17) is 10.8 Å². The van der Waals surface area contributed by atoms with Crippen LogP contribution in [0.2, 0.25) is 0 Å². The van der Waals surface area contributed by atoms with Crippen molar-refractivity contribution in [1.82, 2.24) is 0 Å². The van der Waals surface area contributed by atoms with E-state index in [1.807, 2.05) is 25.1 Å². The Morgan fingerprint density at radius 3 is 2.67 bits per heavy atom. The van der Waals surface area contributed by atoms with E-state index in [0.717, 1.165) is 15.6 Å². The molecule has 0 fully saturated rings. The van der Waals surface area contributed by atoms with Crippen molar-refractivity contribution in [3.63, 3.8) is 0 Å². The number of halogens is 1. The molecule has 0 unspecified atom stereocenters. The molecule has 3 N–H and O–H groups in total. The number of benzene rings is 1. The van der Waals surface area contributed by atoms with Gasteiger partial charge in [-0.3, -0.25) is 0 Å². The molecule has 0 heterocycles. The minimum Gasteiger partial charge on any atom is -0.394 e. The number of nitrogens with two attached hydrogens (primary N) is 1. The highest BCUT2D eigenvalue weighted by Crippen LogP contribution is 2.18. The molecule has 0 aliphatic rings. The Labute approximate surface area is 80.5 Å². The topological polar surface area (TPSA) is 46.2 Å². The SMILES string of the molecule is Cc1cc(Br)cc([C@@H](N)CO)c1. The van der Waals surface area contributed by atoms with Gasteiger partial charge in [0.05, 0.1) is 12.6 Å². The molecule has 0 bridgehead atoms. The Kier molecular flexibility index (Phi) is 3.26. The van der Waals surface area contributed by atoms with Crippen molar-refractivity contribution in [2.24, 2.45) is 5.73 Å². The minimum absolute atomic E-state index is 0.0180. The van der Waals surface area contributed by atoms with E-state index in [1.54, 1.807) is 0 Å². The van der Waals surface area contributed by atoms with E-state index < -0.39 is 0 Å². The second-order valence-corrected chi connectivity index (χ2v) is 3.77. The molecule has 1 aromatic carbocycles. The van der Waals surface area contributed by atoms with Crippen molar-refractivity contribution in [2.45, 2.75) is 13.0 Å². The first-order chi connectivity index (χ1) is 5.63. The maximum atomic E-state index is 8.83. The first-order valence-corrected chi connectivity index (χ1v) is 4.56. The summed E-state index contributed by atoms with van der Waals surface area (Å²) in [5.74, 6) is 0. The van der Waals surface area contributed by atoms with Crippen molar-refractivity contribution in [3.05, 3.63) is 33.8 Å². The fourth-order valence-electron chi connectivity index (χ4n) is 1.08. The minimum atomic E-state index is -0.277. The second-order valence-electron chi connectivity index (χ2n) is 2.85. The van der Waals surface area contributed by atoms with Crippen LogP contribution in [0, 0.1) is 6.92 Å². The molecule has 0 amide bonds. The predicted octanol–water partition coefficient (Wildman–Crippen LogP) is 1.75. The predicted molar refractivity (Wildman–Crippen MR) is 52.9 cm³/mol. The Morgan fingerprint density at radius 1 is 1.50 bits per heavy atom. The lowest BCUT2D eigenvalue weighted by atomic mass is 10.1. The molecule has 12 heavy (non-hydrogen) atoms. The van der Waals surface area contributed by atoms with E-state index in [-0.39, 0.29) is 12.6 Å². The summed E-state index contributed by atoms with van der Waals surface area (Å²) in [5, 5.41) is 8.83. The second kappa shape index (κ2) is 4.03. The van der Waals surface area contributed by atoms with Gasteiger partial charge in [0.2, 0.25) is 0 Å². The third kappa shape index (κ3) is 2.30. The Morgan fingerprint density at radius 2 is 2.17 bits per heavy atom. The highest BCUT2D eigenvalue weighted by Gasteiger charge is 2.04. The third-order valence-electron chi connectivity index (χ3n) is 1.69. The van der Waals surface area contributed by atoms with Gasteiger partial charge in [-0.15, -0.1) is 0 Å². The molecule has 0 aliphatic heterocycles. The van der Waals surface area contributed by atoms with Gasteiger partial charge in [0.25, 0.3) is 0 Å². The largest absolute Gasteiger partial charge is 0.394 e. The van der Waals surface area contributed by atoms with Gasteiger partial charge in [-0.1, -0.05) is 22.0 Å². The van der Waals surface area contributed by atoms with E-state index in [9.17, 15) is 0 Å². The van der Waals surface area contributed by atoms with Crippen molar-refractivity contribution in [3.8, 4) is 0 Å². The molecule has 2 nitrogen and oxygen atoms in total. The van der Waals surface area contributed by atoms with Crippen molar-refractivity contribution < 1.29 is 5.11 Å². The summed E-state index contributed by atoms with van der Waals surface area (Å²) in [6.45, 7) is 1.98. The fourth-order valence-corrected chi connectivity index (χ4v) is 1.71. The summed E-state index contributed by atoms with van der Waals surface area (Å²) in [4.78, 5) is 0. The molecule has 0 aromatic heterocycles. The van der Waals surface area contributed by atoms with Crippen LogP contribution in [0.4, 0.5) is 0 Å². The summed E-state index contributed by atoms with van der Waals surface area (Å²) in [5.41, 5.74) is 7.77. The zero-order valence-electron chi connectivity index (χ0n) is 6.92. The monoisotopic (exact) mass is 229 g/mol. The average molecular weight is 230 g/mol. The molecule has 0 radical (unpaired) electrons. The number of aryl methyl sites for hydroxylation is 1. The van der Waals surface area contributed by atoms with E-state index in [0.29, 0.717) is 0 Å². The van der Waals surface area contributed by atoms with Crippen LogP contribution in [0.25, 0.3) is 0 Å². The highest BCUT2D eigenvalue weighted by atomic mass is 79.9. The Hall–Kier alpha value is -0.380. The van der Waals surface area contributed by atoms with Gasteiger partial charge < -0.3 is 10.8 Å². The molecule has 3 heteroatoms. The maximum absolute atomic E-state index is 8.83. The summed E-state index contributed by atoms with van der Waals surface area (Å²) in [6, 6.07) is 5.63. The van der Waals surface area contributed by atoms with Gasteiger partial charge in [-0.05, 0) is 30.2 Å². The number of hydrogen-bond acceptors (Lipinski definition) is 2. The van der Waals surface area contributed by atoms with Gasteiger partial charge in [-0.25, -0.2) is 0 Å². The summed E-state index contributed by atoms with van der Waals surface area (Å²) in [6.07, 6.45) is 0. The number of aliphatic hydroxyl groups is 1. The van der Waals surface area contributed by atoms with Crippen LogP contribution in [0.5, 0.6) is 0 Å². The molecule has 0 saturated heterocycles. The van der Waals surface area contributed by atoms with E-state index in [2.05, 4.69) is 15.9 Å². The molecular formula is C9H12BrNO. The van der Waals surface area contributed by atoms with Crippen LogP contribution in [-0.4, -0.2) is 11.7 Å². The first kappa shape index (κ1) is 9.71. The lowest BCUT2D eigenvalue weighted by Crippen LogP contribution is -2.14. The third-order valence-corrected chi connectivity index (χ3v) is 2.15. The molecular weight excluding hydrogens is 218 g/mol. The normalized spacial score (nSPS) is 13.0. The van der Waals surface area contributed by atoms with Crippen LogP contribution >= 0.6 is 15.9 Å². The Balaban J connectivity index is 3.00. The van der Waals surface area contributed by atoms with Gasteiger partial charge in [-0.2, -0.15) is 0 Å². The highest BCUT2D eigenvalue weighted by molar-refractivity contribution is 9.10. The fraction of sp³-hybridized carbons (Fsp3) is 0.333. The van der Waals surface area contributed by atoms with E-state index >= 15 is 0 Å². The smallest absolute Gasteiger partial charge is 0.0624 e. The Bertz CT molecular complexity index is 255. The molecule has 0 spiro atoms. The van der Waals surface area contributed by atoms with Crippen LogP contribution < -0.4 is 5.73 Å². The van der Waals surface area contributed by atoms with Crippen LogP contribution in [0.3, 0.4) is 0 Å². The van der Waals surface area contributed by atoms with E-state index in [1.165, 1.54) is 0 Å². The molecule has 66 valence electrons. The number of aliphatic hydroxyl groups excluding tert-OH is 1. The van der Waals surface area contributed by atoms with Crippen LogP contribution in [0.15, 0.2) is 22.7 Å². The van der Waals surface area contributed by atoms with Crippen molar-refractivity contribution >= 4 is 15.9 Å². The van der Waals surface area contributed by atoms with Crippen molar-refractivity contribution in [1.29, 1.82) is 0 Å². The van der Waals surface area contributed by atoms with Gasteiger partial charge in [0.15, 0.2) is 0 Å². The average Bonchev–Trinajstić information content (AvgIpc) is 2.01. The first-order valence-electron chi connectivity index (χ1n) is 3.77. The molecule has 1 rings (SSSR count). The van der Waals surface area contributed by atoms with Gasteiger partial charge in [0, 0.05) is 4.47 Å². The van der Waals surface area contributed by atoms with Crippen LogP contribution in [-0.2, 0) is 0 Å². The standard InChI is InChI=1S/C9H12BrNO/c1-6-2-7(9(11)5-12)4-8(10)3-6/h2-4,9,12H,5,11H2,1H3/t9-/m0/s1. The maximum Gasteiger partial charge on any atom is 0.0624 e. The lowest BCUT2D eigenvalue weighted by molar-refractivity contribution is 0.268. The summed E-state index contributed by atoms with van der Waals surface area (Å²) >= 11 is 3.37. The number of hydrogen-bond donors (Lipinski definition) is 2.